The highest BCUT2D eigenvalue weighted by molar-refractivity contribution is 6.30. The number of hydrogen-bond donors (Lipinski definition) is 0. The van der Waals surface area contributed by atoms with E-state index in [0.717, 1.165) is 27.3 Å². The highest BCUT2D eigenvalue weighted by atomic mass is 35.5. The fraction of sp³-hybridized carbons (Fsp3) is 0.0625. The predicted octanol–water partition coefficient (Wildman–Crippen LogP) is 4.16. The van der Waals surface area contributed by atoms with Crippen LogP contribution in [0.25, 0.3) is 6.08 Å². The molecule has 88 valence electrons. The molecule has 0 spiro atoms. The summed E-state index contributed by atoms with van der Waals surface area (Å²) in [5.74, 6) is 0.0999. The zero-order valence-electron chi connectivity index (χ0n) is 9.69. The second-order valence-electron chi connectivity index (χ2n) is 4.38. The van der Waals surface area contributed by atoms with E-state index < -0.39 is 0 Å². The average molecular weight is 255 g/mol. The van der Waals surface area contributed by atoms with Gasteiger partial charge in [-0.3, -0.25) is 4.79 Å². The van der Waals surface area contributed by atoms with Gasteiger partial charge in [0, 0.05) is 22.6 Å². The van der Waals surface area contributed by atoms with Crippen molar-refractivity contribution in [3.8, 4) is 0 Å². The Morgan fingerprint density at radius 3 is 2.61 bits per heavy atom. The summed E-state index contributed by atoms with van der Waals surface area (Å²) in [7, 11) is 0. The lowest BCUT2D eigenvalue weighted by Crippen LogP contribution is -2.02. The van der Waals surface area contributed by atoms with Gasteiger partial charge in [0.1, 0.15) is 0 Å². The second kappa shape index (κ2) is 4.43. The molecule has 0 heterocycles. The van der Waals surface area contributed by atoms with E-state index in [-0.39, 0.29) is 5.78 Å². The molecule has 0 aromatic heterocycles. The van der Waals surface area contributed by atoms with Crippen LogP contribution in [-0.2, 0) is 6.42 Å². The number of benzene rings is 2. The molecule has 0 radical (unpaired) electrons. The molecule has 0 fully saturated rings. The van der Waals surface area contributed by atoms with E-state index in [1.54, 1.807) is 0 Å². The van der Waals surface area contributed by atoms with Gasteiger partial charge in [0.05, 0.1) is 0 Å². The van der Waals surface area contributed by atoms with Crippen LogP contribution in [0.3, 0.4) is 0 Å². The summed E-state index contributed by atoms with van der Waals surface area (Å²) in [6, 6.07) is 15.1. The Balaban J connectivity index is 1.92. The average Bonchev–Trinajstić information content (AvgIpc) is 2.81. The number of ketones is 1. The first-order valence-corrected chi connectivity index (χ1v) is 6.20. The maximum absolute atomic E-state index is 12.3. The van der Waals surface area contributed by atoms with Gasteiger partial charge >= 0.3 is 0 Å². The highest BCUT2D eigenvalue weighted by Gasteiger charge is 2.19. The second-order valence-corrected chi connectivity index (χ2v) is 4.82. The Labute approximate surface area is 111 Å². The van der Waals surface area contributed by atoms with Crippen molar-refractivity contribution in [1.29, 1.82) is 0 Å². The maximum atomic E-state index is 12.3. The molecule has 0 aliphatic heterocycles. The van der Waals surface area contributed by atoms with E-state index >= 15 is 0 Å². The third-order valence-electron chi connectivity index (χ3n) is 3.14. The van der Waals surface area contributed by atoms with Gasteiger partial charge in [0.25, 0.3) is 0 Å². The molecule has 1 aliphatic rings. The van der Waals surface area contributed by atoms with Crippen molar-refractivity contribution < 1.29 is 4.79 Å². The molecule has 18 heavy (non-hydrogen) atoms. The molecule has 0 bridgehead atoms. The van der Waals surface area contributed by atoms with Gasteiger partial charge in [-0.1, -0.05) is 48.0 Å². The van der Waals surface area contributed by atoms with E-state index in [1.165, 1.54) is 0 Å². The van der Waals surface area contributed by atoms with E-state index in [9.17, 15) is 4.79 Å². The molecule has 0 amide bonds. The minimum atomic E-state index is 0.0999. The van der Waals surface area contributed by atoms with Gasteiger partial charge in [0.2, 0.25) is 0 Å². The molecular formula is C16H11ClO. The summed E-state index contributed by atoms with van der Waals surface area (Å²) in [5, 5.41) is 0.718. The van der Waals surface area contributed by atoms with E-state index in [4.69, 9.17) is 11.6 Å². The van der Waals surface area contributed by atoms with Crippen molar-refractivity contribution in [2.75, 3.05) is 0 Å². The van der Waals surface area contributed by atoms with E-state index in [1.807, 2.05) is 54.6 Å². The van der Waals surface area contributed by atoms with Crippen molar-refractivity contribution in [2.24, 2.45) is 0 Å². The number of halogens is 1. The molecule has 0 atom stereocenters. The first-order chi connectivity index (χ1) is 8.74. The first-order valence-electron chi connectivity index (χ1n) is 5.83. The lowest BCUT2D eigenvalue weighted by atomic mass is 10.0. The number of carbonyl (C=O) groups is 1. The Kier molecular flexibility index (Phi) is 2.77. The number of allylic oxidation sites excluding steroid dienone is 1. The van der Waals surface area contributed by atoms with Gasteiger partial charge in [-0.15, -0.1) is 0 Å². The molecular weight excluding hydrogens is 244 g/mol. The van der Waals surface area contributed by atoms with Crippen LogP contribution in [0.1, 0.15) is 21.5 Å². The van der Waals surface area contributed by atoms with Gasteiger partial charge in [0.15, 0.2) is 5.78 Å². The van der Waals surface area contributed by atoms with Crippen molar-refractivity contribution in [3.05, 3.63) is 75.8 Å². The maximum Gasteiger partial charge on any atom is 0.189 e. The molecule has 1 nitrogen and oxygen atoms in total. The smallest absolute Gasteiger partial charge is 0.189 e. The lowest BCUT2D eigenvalue weighted by Gasteiger charge is -2.01. The van der Waals surface area contributed by atoms with Crippen LogP contribution in [0.5, 0.6) is 0 Å². The third-order valence-corrected chi connectivity index (χ3v) is 3.38. The van der Waals surface area contributed by atoms with Crippen LogP contribution in [0, 0.1) is 0 Å². The normalized spacial score (nSPS) is 13.1. The number of fused-ring (bicyclic) bond motifs is 1. The Morgan fingerprint density at radius 1 is 1.06 bits per heavy atom. The Morgan fingerprint density at radius 2 is 1.83 bits per heavy atom. The molecule has 2 heteroatoms. The van der Waals surface area contributed by atoms with Crippen LogP contribution in [-0.4, -0.2) is 5.78 Å². The van der Waals surface area contributed by atoms with Crippen LogP contribution in [0.4, 0.5) is 0 Å². The monoisotopic (exact) mass is 254 g/mol. The van der Waals surface area contributed by atoms with Crippen LogP contribution in [0.2, 0.25) is 5.02 Å². The molecule has 1 aliphatic carbocycles. The zero-order chi connectivity index (χ0) is 12.5. The highest BCUT2D eigenvalue weighted by Crippen LogP contribution is 2.29. The molecule has 2 aromatic carbocycles. The van der Waals surface area contributed by atoms with Gasteiger partial charge in [-0.2, -0.15) is 0 Å². The quantitative estimate of drug-likeness (QED) is 0.736. The number of Topliss-reactive ketones (excluding diaryl/α,β-unsaturated/α-hetero) is 1. The topological polar surface area (TPSA) is 17.1 Å². The minimum absolute atomic E-state index is 0.0999. The van der Waals surface area contributed by atoms with Crippen molar-refractivity contribution >= 4 is 23.5 Å². The lowest BCUT2D eigenvalue weighted by molar-refractivity contribution is 0.103. The molecule has 0 saturated carbocycles. The Hall–Kier alpha value is -1.86. The van der Waals surface area contributed by atoms with E-state index in [0.29, 0.717) is 6.42 Å². The van der Waals surface area contributed by atoms with Gasteiger partial charge in [-0.25, -0.2) is 0 Å². The van der Waals surface area contributed by atoms with Crippen LogP contribution >= 0.6 is 11.6 Å². The molecule has 0 saturated heterocycles. The van der Waals surface area contributed by atoms with Gasteiger partial charge < -0.3 is 0 Å². The minimum Gasteiger partial charge on any atom is -0.289 e. The molecule has 2 aromatic rings. The molecule has 0 N–H and O–H groups in total. The molecule has 3 rings (SSSR count). The SMILES string of the molecule is O=C(C1=Cc2ccc(Cl)cc2C1)c1ccccc1. The summed E-state index contributed by atoms with van der Waals surface area (Å²) in [4.78, 5) is 12.3. The summed E-state index contributed by atoms with van der Waals surface area (Å²) in [6.07, 6.45) is 2.63. The zero-order valence-corrected chi connectivity index (χ0v) is 10.4. The predicted molar refractivity (Wildman–Crippen MR) is 73.9 cm³/mol. The largest absolute Gasteiger partial charge is 0.289 e. The summed E-state index contributed by atoms with van der Waals surface area (Å²) >= 11 is 5.96. The number of rotatable bonds is 2. The molecule has 0 unspecified atom stereocenters. The fourth-order valence-corrected chi connectivity index (χ4v) is 2.43. The van der Waals surface area contributed by atoms with Crippen molar-refractivity contribution in [1.82, 2.24) is 0 Å². The summed E-state index contributed by atoms with van der Waals surface area (Å²) in [5.41, 5.74) is 3.79. The van der Waals surface area contributed by atoms with Gasteiger partial charge in [-0.05, 0) is 29.3 Å². The Bertz CT molecular complexity index is 641. The first kappa shape index (κ1) is 11.2. The standard InChI is InChI=1S/C16H11ClO/c17-15-7-6-12-8-14(9-13(12)10-15)16(18)11-4-2-1-3-5-11/h1-8,10H,9H2. The van der Waals surface area contributed by atoms with E-state index in [2.05, 4.69) is 0 Å². The summed E-state index contributed by atoms with van der Waals surface area (Å²) < 4.78 is 0. The van der Waals surface area contributed by atoms with Crippen molar-refractivity contribution in [2.45, 2.75) is 6.42 Å². The van der Waals surface area contributed by atoms with Crippen molar-refractivity contribution in [3.63, 3.8) is 0 Å². The summed E-state index contributed by atoms with van der Waals surface area (Å²) in [6.45, 7) is 0. The fourth-order valence-electron chi connectivity index (χ4n) is 2.23. The van der Waals surface area contributed by atoms with Crippen LogP contribution < -0.4 is 0 Å². The van der Waals surface area contributed by atoms with Crippen LogP contribution in [0.15, 0.2) is 54.1 Å². The third kappa shape index (κ3) is 1.98. The number of carbonyl (C=O) groups excluding carboxylic acids is 1. The number of hydrogen-bond acceptors (Lipinski definition) is 1.